The molecule has 0 aromatic carbocycles. The van der Waals surface area contributed by atoms with Crippen molar-refractivity contribution < 1.29 is 9.35 Å². The lowest BCUT2D eigenvalue weighted by Crippen LogP contribution is -2.18. The van der Waals surface area contributed by atoms with E-state index in [-0.39, 0.29) is 11.0 Å². The first-order chi connectivity index (χ1) is 5.57. The summed E-state index contributed by atoms with van der Waals surface area (Å²) < 4.78 is 11.2. The van der Waals surface area contributed by atoms with Gasteiger partial charge in [0.1, 0.15) is 11.0 Å². The van der Waals surface area contributed by atoms with E-state index < -0.39 is 11.2 Å². The van der Waals surface area contributed by atoms with Crippen LogP contribution in [0.5, 0.6) is 0 Å². The molecule has 0 aromatic rings. The van der Waals surface area contributed by atoms with Crippen LogP contribution in [-0.4, -0.2) is 21.3 Å². The summed E-state index contributed by atoms with van der Waals surface area (Å²) in [5, 5.41) is 0.158. The fourth-order valence-corrected chi connectivity index (χ4v) is 1.71. The highest BCUT2D eigenvalue weighted by Crippen LogP contribution is 2.06. The molecule has 0 spiro atoms. The van der Waals surface area contributed by atoms with Crippen molar-refractivity contribution >= 4 is 17.0 Å². The van der Waals surface area contributed by atoms with Crippen LogP contribution in [0.2, 0.25) is 0 Å². The van der Waals surface area contributed by atoms with Gasteiger partial charge >= 0.3 is 0 Å². The van der Waals surface area contributed by atoms with Crippen LogP contribution in [0, 0.1) is 0 Å². The Hall–Kier alpha value is -0.280. The SMILES string of the molecule is CC[S+]([O-])C(C)C/C=C/C(C)=O. The molecule has 3 heteroatoms. The number of rotatable bonds is 5. The number of ketones is 1. The minimum Gasteiger partial charge on any atom is -0.616 e. The van der Waals surface area contributed by atoms with Gasteiger partial charge in [0.15, 0.2) is 5.78 Å². The average molecular weight is 188 g/mol. The van der Waals surface area contributed by atoms with Gasteiger partial charge in [-0.25, -0.2) is 0 Å². The summed E-state index contributed by atoms with van der Waals surface area (Å²) in [6, 6.07) is 0. The van der Waals surface area contributed by atoms with Crippen molar-refractivity contribution in [2.45, 2.75) is 32.4 Å². The molecule has 0 aromatic heterocycles. The Kier molecular flexibility index (Phi) is 6.11. The fraction of sp³-hybridized carbons (Fsp3) is 0.667. The molecule has 12 heavy (non-hydrogen) atoms. The summed E-state index contributed by atoms with van der Waals surface area (Å²) in [6.45, 7) is 5.35. The lowest BCUT2D eigenvalue weighted by Gasteiger charge is -2.14. The second-order valence-electron chi connectivity index (χ2n) is 2.73. The summed E-state index contributed by atoms with van der Waals surface area (Å²) >= 11 is -0.749. The van der Waals surface area contributed by atoms with Crippen LogP contribution in [0.25, 0.3) is 0 Å². The van der Waals surface area contributed by atoms with E-state index in [2.05, 4.69) is 0 Å². The maximum absolute atomic E-state index is 11.2. The van der Waals surface area contributed by atoms with Gasteiger partial charge in [0.2, 0.25) is 0 Å². The standard InChI is InChI=1S/C9H16O2S/c1-4-12(11)9(3)7-5-6-8(2)10/h5-6,9H,4,7H2,1-3H3/b6-5+. The molecule has 0 amide bonds. The molecule has 0 saturated heterocycles. The normalized spacial score (nSPS) is 16.3. The minimum atomic E-state index is -0.749. The van der Waals surface area contributed by atoms with Gasteiger partial charge in [0.05, 0.1) is 0 Å². The van der Waals surface area contributed by atoms with Gasteiger partial charge in [0.25, 0.3) is 0 Å². The molecule has 2 nitrogen and oxygen atoms in total. The molecule has 0 bridgehead atoms. The molecular weight excluding hydrogens is 172 g/mol. The van der Waals surface area contributed by atoms with Gasteiger partial charge < -0.3 is 4.55 Å². The van der Waals surface area contributed by atoms with Crippen molar-refractivity contribution in [1.82, 2.24) is 0 Å². The zero-order chi connectivity index (χ0) is 9.56. The third kappa shape index (κ3) is 5.38. The van der Waals surface area contributed by atoms with Gasteiger partial charge in [-0.2, -0.15) is 0 Å². The monoisotopic (exact) mass is 188 g/mol. The maximum atomic E-state index is 11.2. The predicted molar refractivity (Wildman–Crippen MR) is 52.6 cm³/mol. The number of carbonyl (C=O) groups is 1. The van der Waals surface area contributed by atoms with Crippen molar-refractivity contribution in [1.29, 1.82) is 0 Å². The van der Waals surface area contributed by atoms with Gasteiger partial charge in [-0.3, -0.25) is 4.79 Å². The summed E-state index contributed by atoms with van der Waals surface area (Å²) in [7, 11) is 0. The first-order valence-corrected chi connectivity index (χ1v) is 5.50. The smallest absolute Gasteiger partial charge is 0.152 e. The van der Waals surface area contributed by atoms with Crippen LogP contribution in [0.15, 0.2) is 12.2 Å². The van der Waals surface area contributed by atoms with E-state index in [4.69, 9.17) is 0 Å². The predicted octanol–water partition coefficient (Wildman–Crippen LogP) is 1.68. The highest BCUT2D eigenvalue weighted by Gasteiger charge is 2.11. The third-order valence-electron chi connectivity index (χ3n) is 1.55. The third-order valence-corrected chi connectivity index (χ3v) is 3.21. The van der Waals surface area contributed by atoms with E-state index in [1.165, 1.54) is 13.0 Å². The molecule has 2 unspecified atom stereocenters. The number of allylic oxidation sites excluding steroid dienone is 2. The molecule has 0 saturated carbocycles. The lowest BCUT2D eigenvalue weighted by molar-refractivity contribution is -0.112. The highest BCUT2D eigenvalue weighted by molar-refractivity contribution is 7.91. The summed E-state index contributed by atoms with van der Waals surface area (Å²) in [4.78, 5) is 10.5. The second-order valence-corrected chi connectivity index (χ2v) is 4.87. The molecule has 0 aliphatic carbocycles. The summed E-state index contributed by atoms with van der Waals surface area (Å²) in [5.41, 5.74) is 0. The molecule has 2 atom stereocenters. The molecule has 0 fully saturated rings. The zero-order valence-corrected chi connectivity index (χ0v) is 8.69. The Morgan fingerprint density at radius 1 is 1.67 bits per heavy atom. The quantitative estimate of drug-likeness (QED) is 0.486. The van der Waals surface area contributed by atoms with Crippen molar-refractivity contribution in [3.8, 4) is 0 Å². The van der Waals surface area contributed by atoms with Crippen molar-refractivity contribution in [2.24, 2.45) is 0 Å². The Labute approximate surface area is 77.2 Å². The molecule has 0 radical (unpaired) electrons. The Balaban J connectivity index is 3.70. The van der Waals surface area contributed by atoms with Crippen LogP contribution in [0.3, 0.4) is 0 Å². The summed E-state index contributed by atoms with van der Waals surface area (Å²) in [5.74, 6) is 0.735. The Morgan fingerprint density at radius 3 is 2.67 bits per heavy atom. The van der Waals surface area contributed by atoms with Crippen molar-refractivity contribution in [2.75, 3.05) is 5.75 Å². The number of carbonyl (C=O) groups excluding carboxylic acids is 1. The zero-order valence-electron chi connectivity index (χ0n) is 7.87. The second kappa shape index (κ2) is 6.26. The molecular formula is C9H16O2S. The Morgan fingerprint density at radius 2 is 2.25 bits per heavy atom. The average Bonchev–Trinajstić information content (AvgIpc) is 2.02. The molecule has 0 aliphatic heterocycles. The largest absolute Gasteiger partial charge is 0.616 e. The fourth-order valence-electron chi connectivity index (χ4n) is 0.817. The van der Waals surface area contributed by atoms with E-state index in [1.54, 1.807) is 6.08 Å². The van der Waals surface area contributed by atoms with E-state index in [0.717, 1.165) is 6.42 Å². The van der Waals surface area contributed by atoms with E-state index >= 15 is 0 Å². The van der Waals surface area contributed by atoms with Gasteiger partial charge in [-0.1, -0.05) is 17.3 Å². The Bertz CT molecular complexity index is 166. The van der Waals surface area contributed by atoms with E-state index in [1.807, 2.05) is 13.8 Å². The molecule has 0 N–H and O–H groups in total. The van der Waals surface area contributed by atoms with Gasteiger partial charge in [0, 0.05) is 6.42 Å². The van der Waals surface area contributed by atoms with Crippen LogP contribution < -0.4 is 0 Å². The maximum Gasteiger partial charge on any atom is 0.152 e. The number of hydrogen-bond donors (Lipinski definition) is 0. The first-order valence-electron chi connectivity index (χ1n) is 4.12. The highest BCUT2D eigenvalue weighted by atomic mass is 32.2. The molecule has 0 heterocycles. The van der Waals surface area contributed by atoms with E-state index in [9.17, 15) is 9.35 Å². The van der Waals surface area contributed by atoms with Crippen LogP contribution in [0.4, 0.5) is 0 Å². The van der Waals surface area contributed by atoms with Crippen LogP contribution in [-0.2, 0) is 16.0 Å². The van der Waals surface area contributed by atoms with E-state index in [0.29, 0.717) is 5.75 Å². The molecule has 0 rings (SSSR count). The molecule has 70 valence electrons. The molecule has 0 aliphatic rings. The minimum absolute atomic E-state index is 0.0458. The lowest BCUT2D eigenvalue weighted by atomic mass is 10.3. The van der Waals surface area contributed by atoms with Crippen molar-refractivity contribution in [3.63, 3.8) is 0 Å². The van der Waals surface area contributed by atoms with Crippen LogP contribution >= 0.6 is 0 Å². The van der Waals surface area contributed by atoms with Crippen molar-refractivity contribution in [3.05, 3.63) is 12.2 Å². The van der Waals surface area contributed by atoms with Crippen LogP contribution in [0.1, 0.15) is 27.2 Å². The summed E-state index contributed by atoms with van der Waals surface area (Å²) in [6.07, 6.45) is 4.05. The number of hydrogen-bond acceptors (Lipinski definition) is 2. The van der Waals surface area contributed by atoms with Gasteiger partial charge in [-0.05, 0) is 26.8 Å². The first kappa shape index (κ1) is 11.7. The van der Waals surface area contributed by atoms with Gasteiger partial charge in [-0.15, -0.1) is 0 Å². The topological polar surface area (TPSA) is 40.1 Å².